The Labute approximate surface area is 226 Å². The SMILES string of the molecule is N#Cc1cccc(Cn2c(C3CCCCC3C(=O)O)nc3cc(OCc4ccc5ccccc5n4)ccc32)c1. The fraction of sp³-hybridized carbons (Fsp3) is 0.250. The zero-order chi connectivity index (χ0) is 26.8. The highest BCUT2D eigenvalue weighted by Gasteiger charge is 2.35. The molecule has 3 aromatic carbocycles. The molecule has 2 atom stereocenters. The molecule has 5 aromatic rings. The molecule has 0 aliphatic heterocycles. The number of carbonyl (C=O) groups is 1. The summed E-state index contributed by atoms with van der Waals surface area (Å²) in [5.74, 6) is 0.0616. The largest absolute Gasteiger partial charge is 0.487 e. The second-order valence-electron chi connectivity index (χ2n) is 10.1. The lowest BCUT2D eigenvalue weighted by molar-refractivity contribution is -0.143. The van der Waals surface area contributed by atoms with Crippen LogP contribution in [-0.2, 0) is 17.9 Å². The number of pyridine rings is 1. The summed E-state index contributed by atoms with van der Waals surface area (Å²) in [5.41, 5.74) is 5.01. The van der Waals surface area contributed by atoms with Gasteiger partial charge in [-0.3, -0.25) is 4.79 Å². The van der Waals surface area contributed by atoms with Crippen LogP contribution in [0.1, 0.15) is 54.2 Å². The minimum atomic E-state index is -0.767. The Morgan fingerprint density at radius 3 is 2.72 bits per heavy atom. The number of hydrogen-bond acceptors (Lipinski definition) is 5. The minimum absolute atomic E-state index is 0.172. The van der Waals surface area contributed by atoms with Crippen molar-refractivity contribution < 1.29 is 14.6 Å². The minimum Gasteiger partial charge on any atom is -0.487 e. The van der Waals surface area contributed by atoms with Gasteiger partial charge in [-0.1, -0.05) is 49.2 Å². The van der Waals surface area contributed by atoms with Gasteiger partial charge in [0.2, 0.25) is 0 Å². The Hall–Kier alpha value is -4.70. The number of ether oxygens (including phenoxy) is 1. The number of fused-ring (bicyclic) bond motifs is 2. The van der Waals surface area contributed by atoms with Gasteiger partial charge in [0.1, 0.15) is 18.2 Å². The number of hydrogen-bond donors (Lipinski definition) is 1. The maximum absolute atomic E-state index is 12.2. The summed E-state index contributed by atoms with van der Waals surface area (Å²) in [4.78, 5) is 21.9. The van der Waals surface area contributed by atoms with Crippen LogP contribution in [0.15, 0.2) is 78.9 Å². The molecule has 6 rings (SSSR count). The van der Waals surface area contributed by atoms with Gasteiger partial charge in [0.25, 0.3) is 0 Å². The second-order valence-corrected chi connectivity index (χ2v) is 10.1. The van der Waals surface area contributed by atoms with Crippen LogP contribution < -0.4 is 4.74 Å². The van der Waals surface area contributed by atoms with E-state index in [4.69, 9.17) is 14.7 Å². The molecule has 0 bridgehead atoms. The number of imidazole rings is 1. The Morgan fingerprint density at radius 2 is 1.85 bits per heavy atom. The lowest BCUT2D eigenvalue weighted by atomic mass is 9.78. The molecule has 7 nitrogen and oxygen atoms in total. The number of para-hydroxylation sites is 1. The van der Waals surface area contributed by atoms with Crippen LogP contribution in [0.2, 0.25) is 0 Å². The number of rotatable bonds is 7. The molecule has 194 valence electrons. The molecule has 0 spiro atoms. The zero-order valence-electron chi connectivity index (χ0n) is 21.5. The Balaban J connectivity index is 1.34. The lowest BCUT2D eigenvalue weighted by Crippen LogP contribution is -2.27. The number of carboxylic acids is 1. The van der Waals surface area contributed by atoms with Crippen molar-refractivity contribution in [2.75, 3.05) is 0 Å². The number of benzene rings is 3. The van der Waals surface area contributed by atoms with Gasteiger partial charge in [-0.25, -0.2) is 9.97 Å². The highest BCUT2D eigenvalue weighted by molar-refractivity contribution is 5.79. The van der Waals surface area contributed by atoms with Gasteiger partial charge in [-0.2, -0.15) is 5.26 Å². The van der Waals surface area contributed by atoms with E-state index >= 15 is 0 Å². The average Bonchev–Trinajstić information content (AvgIpc) is 3.33. The molecular weight excluding hydrogens is 488 g/mol. The second kappa shape index (κ2) is 10.6. The van der Waals surface area contributed by atoms with Crippen LogP contribution in [-0.4, -0.2) is 25.6 Å². The third-order valence-electron chi connectivity index (χ3n) is 7.60. The fourth-order valence-corrected chi connectivity index (χ4v) is 5.67. The summed E-state index contributed by atoms with van der Waals surface area (Å²) in [6.45, 7) is 0.833. The average molecular weight is 517 g/mol. The predicted molar refractivity (Wildman–Crippen MR) is 148 cm³/mol. The predicted octanol–water partition coefficient (Wildman–Crippen LogP) is 6.44. The lowest BCUT2D eigenvalue weighted by Gasteiger charge is -2.28. The first-order valence-electron chi connectivity index (χ1n) is 13.3. The first kappa shape index (κ1) is 24.6. The molecule has 1 aliphatic carbocycles. The molecule has 2 heterocycles. The van der Waals surface area contributed by atoms with E-state index in [0.29, 0.717) is 30.9 Å². The standard InChI is InChI=1S/C32H28N4O3/c33-18-21-6-5-7-22(16-21)19-36-30-15-14-25(39-20-24-13-12-23-8-1-4-11-28(23)34-24)17-29(30)35-31(36)26-9-2-3-10-27(26)32(37)38/h1,4-8,11-17,26-27H,2-3,9-10,19-20H2,(H,37,38). The van der Waals surface area contributed by atoms with Gasteiger partial charge in [0.15, 0.2) is 0 Å². The third-order valence-corrected chi connectivity index (χ3v) is 7.60. The summed E-state index contributed by atoms with van der Waals surface area (Å²) in [6, 6.07) is 27.6. The van der Waals surface area contributed by atoms with Crippen LogP contribution in [0, 0.1) is 17.2 Å². The van der Waals surface area contributed by atoms with Crippen molar-refractivity contribution in [2.45, 2.75) is 44.8 Å². The summed E-state index contributed by atoms with van der Waals surface area (Å²) in [7, 11) is 0. The van der Waals surface area contributed by atoms with E-state index in [2.05, 4.69) is 10.6 Å². The normalized spacial score (nSPS) is 17.2. The van der Waals surface area contributed by atoms with Gasteiger partial charge < -0.3 is 14.4 Å². The Bertz CT molecular complexity index is 1720. The van der Waals surface area contributed by atoms with Gasteiger partial charge in [-0.15, -0.1) is 0 Å². The third kappa shape index (κ3) is 5.06. The quantitative estimate of drug-likeness (QED) is 0.267. The molecule has 1 N–H and O–H groups in total. The number of aromatic nitrogens is 3. The van der Waals surface area contributed by atoms with Gasteiger partial charge in [-0.05, 0) is 54.8 Å². The molecule has 2 aromatic heterocycles. The molecule has 39 heavy (non-hydrogen) atoms. The summed E-state index contributed by atoms with van der Waals surface area (Å²) >= 11 is 0. The van der Waals surface area contributed by atoms with E-state index in [-0.39, 0.29) is 5.92 Å². The molecule has 0 saturated heterocycles. The number of nitrogens with zero attached hydrogens (tertiary/aromatic N) is 4. The molecular formula is C32H28N4O3. The van der Waals surface area contributed by atoms with E-state index < -0.39 is 11.9 Å². The van der Waals surface area contributed by atoms with Crippen LogP contribution in [0.4, 0.5) is 0 Å². The topological polar surface area (TPSA) is 101 Å². The molecule has 2 unspecified atom stereocenters. The zero-order valence-corrected chi connectivity index (χ0v) is 21.5. The summed E-state index contributed by atoms with van der Waals surface area (Å²) in [6.07, 6.45) is 3.34. The highest BCUT2D eigenvalue weighted by atomic mass is 16.5. The number of nitriles is 1. The molecule has 1 saturated carbocycles. The summed E-state index contributed by atoms with van der Waals surface area (Å²) < 4.78 is 8.23. The van der Waals surface area contributed by atoms with Crippen LogP contribution >= 0.6 is 0 Å². The van der Waals surface area contributed by atoms with Crippen molar-refractivity contribution in [1.29, 1.82) is 5.26 Å². The Morgan fingerprint density at radius 1 is 0.974 bits per heavy atom. The summed E-state index contributed by atoms with van der Waals surface area (Å²) in [5, 5.41) is 20.4. The van der Waals surface area contributed by atoms with Crippen molar-refractivity contribution in [1.82, 2.24) is 14.5 Å². The maximum Gasteiger partial charge on any atom is 0.307 e. The molecule has 0 radical (unpaired) electrons. The first-order valence-corrected chi connectivity index (χ1v) is 13.3. The fourth-order valence-electron chi connectivity index (χ4n) is 5.67. The number of carboxylic acid groups (broad SMARTS) is 1. The van der Waals surface area contributed by atoms with Gasteiger partial charge in [0.05, 0.1) is 39.8 Å². The number of aliphatic carboxylic acids is 1. The van der Waals surface area contributed by atoms with E-state index in [9.17, 15) is 15.2 Å². The van der Waals surface area contributed by atoms with Crippen LogP contribution in [0.25, 0.3) is 21.9 Å². The molecule has 1 aliphatic rings. The van der Waals surface area contributed by atoms with Crippen molar-refractivity contribution in [3.8, 4) is 11.8 Å². The van der Waals surface area contributed by atoms with Crippen molar-refractivity contribution in [3.63, 3.8) is 0 Å². The van der Waals surface area contributed by atoms with E-state index in [1.54, 1.807) is 6.07 Å². The van der Waals surface area contributed by atoms with E-state index in [1.807, 2.05) is 72.8 Å². The van der Waals surface area contributed by atoms with E-state index in [1.165, 1.54) is 0 Å². The Kier molecular flexibility index (Phi) is 6.68. The molecule has 1 fully saturated rings. The van der Waals surface area contributed by atoms with Gasteiger partial charge >= 0.3 is 5.97 Å². The molecule has 0 amide bonds. The maximum atomic E-state index is 12.2. The monoisotopic (exact) mass is 516 g/mol. The highest BCUT2D eigenvalue weighted by Crippen LogP contribution is 2.39. The van der Waals surface area contributed by atoms with E-state index in [0.717, 1.165) is 58.3 Å². The molecule has 7 heteroatoms. The van der Waals surface area contributed by atoms with Crippen molar-refractivity contribution in [2.24, 2.45) is 5.92 Å². The van der Waals surface area contributed by atoms with Crippen LogP contribution in [0.3, 0.4) is 0 Å². The van der Waals surface area contributed by atoms with Crippen molar-refractivity contribution in [3.05, 3.63) is 102 Å². The van der Waals surface area contributed by atoms with Crippen molar-refractivity contribution >= 4 is 27.9 Å². The van der Waals surface area contributed by atoms with Gasteiger partial charge in [0, 0.05) is 23.9 Å². The van der Waals surface area contributed by atoms with Crippen LogP contribution in [0.5, 0.6) is 5.75 Å². The smallest absolute Gasteiger partial charge is 0.307 e. The first-order chi connectivity index (χ1) is 19.1.